The molecule has 0 unspecified atom stereocenters. The summed E-state index contributed by atoms with van der Waals surface area (Å²) >= 11 is 11.7. The predicted octanol–water partition coefficient (Wildman–Crippen LogP) is 3.03. The van der Waals surface area contributed by atoms with E-state index in [0.717, 1.165) is 0 Å². The van der Waals surface area contributed by atoms with Crippen molar-refractivity contribution < 1.29 is 4.79 Å². The standard InChI is InChI=1S/C11H10Cl2N2O/c12-9-5-3-4-8(10(9)13)11(16)15-7-2-1-6-14/h3-5H,1-2,7H2,(H,15,16). The molecule has 0 fully saturated rings. The van der Waals surface area contributed by atoms with Gasteiger partial charge in [-0.1, -0.05) is 29.3 Å². The number of carbonyl (C=O) groups excluding carboxylic acids is 1. The van der Waals surface area contributed by atoms with E-state index in [0.29, 0.717) is 30.0 Å². The summed E-state index contributed by atoms with van der Waals surface area (Å²) in [5.74, 6) is -0.273. The van der Waals surface area contributed by atoms with Gasteiger partial charge in [-0.25, -0.2) is 0 Å². The van der Waals surface area contributed by atoms with Crippen LogP contribution in [-0.2, 0) is 0 Å². The van der Waals surface area contributed by atoms with E-state index in [4.69, 9.17) is 28.5 Å². The number of hydrogen-bond acceptors (Lipinski definition) is 2. The van der Waals surface area contributed by atoms with Crippen LogP contribution in [0.1, 0.15) is 23.2 Å². The number of nitrogens with one attached hydrogen (secondary N) is 1. The number of nitrogens with zero attached hydrogens (tertiary/aromatic N) is 1. The first-order valence-corrected chi connectivity index (χ1v) is 5.51. The van der Waals surface area contributed by atoms with Crippen LogP contribution in [-0.4, -0.2) is 12.5 Å². The monoisotopic (exact) mass is 256 g/mol. The fourth-order valence-corrected chi connectivity index (χ4v) is 1.53. The molecule has 0 aliphatic rings. The molecule has 0 heterocycles. The normalized spacial score (nSPS) is 9.56. The van der Waals surface area contributed by atoms with Crippen LogP contribution in [0, 0.1) is 11.3 Å². The lowest BCUT2D eigenvalue weighted by molar-refractivity contribution is 0.0953. The first kappa shape index (κ1) is 12.8. The number of hydrogen-bond donors (Lipinski definition) is 1. The van der Waals surface area contributed by atoms with Crippen LogP contribution in [0.2, 0.25) is 10.0 Å². The van der Waals surface area contributed by atoms with Crippen molar-refractivity contribution in [3.8, 4) is 6.07 Å². The third-order valence-corrected chi connectivity index (χ3v) is 2.77. The number of nitriles is 1. The minimum atomic E-state index is -0.273. The van der Waals surface area contributed by atoms with E-state index in [2.05, 4.69) is 5.32 Å². The molecular weight excluding hydrogens is 247 g/mol. The molecule has 0 saturated heterocycles. The Bertz CT molecular complexity index is 426. The van der Waals surface area contributed by atoms with Gasteiger partial charge in [0.05, 0.1) is 21.7 Å². The molecule has 0 bridgehead atoms. The lowest BCUT2D eigenvalue weighted by Crippen LogP contribution is -2.24. The fraction of sp³-hybridized carbons (Fsp3) is 0.273. The summed E-state index contributed by atoms with van der Waals surface area (Å²) in [6.07, 6.45) is 1.05. The maximum Gasteiger partial charge on any atom is 0.252 e. The average molecular weight is 257 g/mol. The maximum atomic E-state index is 11.6. The number of halogens is 2. The summed E-state index contributed by atoms with van der Waals surface area (Å²) in [6, 6.07) is 6.89. The van der Waals surface area contributed by atoms with Gasteiger partial charge >= 0.3 is 0 Å². The van der Waals surface area contributed by atoms with E-state index in [-0.39, 0.29) is 10.9 Å². The third-order valence-electron chi connectivity index (χ3n) is 1.95. The zero-order chi connectivity index (χ0) is 12.0. The van der Waals surface area contributed by atoms with Crippen molar-refractivity contribution in [3.63, 3.8) is 0 Å². The molecule has 0 saturated carbocycles. The highest BCUT2D eigenvalue weighted by atomic mass is 35.5. The van der Waals surface area contributed by atoms with Crippen molar-refractivity contribution >= 4 is 29.1 Å². The predicted molar refractivity (Wildman–Crippen MR) is 63.6 cm³/mol. The minimum Gasteiger partial charge on any atom is -0.352 e. The molecule has 1 rings (SSSR count). The molecule has 0 aliphatic carbocycles. The van der Waals surface area contributed by atoms with Gasteiger partial charge in [0, 0.05) is 13.0 Å². The third kappa shape index (κ3) is 3.41. The van der Waals surface area contributed by atoms with Gasteiger partial charge in [-0.05, 0) is 18.6 Å². The summed E-state index contributed by atoms with van der Waals surface area (Å²) < 4.78 is 0. The molecule has 1 amide bonds. The molecule has 84 valence electrons. The summed E-state index contributed by atoms with van der Waals surface area (Å²) in [4.78, 5) is 11.6. The van der Waals surface area contributed by atoms with Gasteiger partial charge in [-0.3, -0.25) is 4.79 Å². The quantitative estimate of drug-likeness (QED) is 0.843. The minimum absolute atomic E-state index is 0.252. The van der Waals surface area contributed by atoms with Crippen molar-refractivity contribution in [1.29, 1.82) is 5.26 Å². The van der Waals surface area contributed by atoms with Crippen LogP contribution in [0.15, 0.2) is 18.2 Å². The average Bonchev–Trinajstić information content (AvgIpc) is 2.28. The molecule has 16 heavy (non-hydrogen) atoms. The topological polar surface area (TPSA) is 52.9 Å². The van der Waals surface area contributed by atoms with E-state index >= 15 is 0 Å². The van der Waals surface area contributed by atoms with Gasteiger partial charge in [-0.2, -0.15) is 5.26 Å². The van der Waals surface area contributed by atoms with Gasteiger partial charge < -0.3 is 5.32 Å². The Kier molecular flexibility index (Phi) is 5.10. The Morgan fingerprint density at radius 3 is 2.88 bits per heavy atom. The van der Waals surface area contributed by atoms with Crippen LogP contribution in [0.4, 0.5) is 0 Å². The maximum absolute atomic E-state index is 11.6. The lowest BCUT2D eigenvalue weighted by atomic mass is 10.2. The Hall–Kier alpha value is -1.24. The molecule has 1 aromatic carbocycles. The van der Waals surface area contributed by atoms with E-state index < -0.39 is 0 Å². The van der Waals surface area contributed by atoms with Crippen LogP contribution >= 0.6 is 23.2 Å². The van der Waals surface area contributed by atoms with Gasteiger partial charge in [0.15, 0.2) is 0 Å². The second kappa shape index (κ2) is 6.37. The van der Waals surface area contributed by atoms with Crippen molar-refractivity contribution in [2.45, 2.75) is 12.8 Å². The lowest BCUT2D eigenvalue weighted by Gasteiger charge is -2.06. The summed E-state index contributed by atoms with van der Waals surface area (Å²) in [6.45, 7) is 0.454. The van der Waals surface area contributed by atoms with Crippen LogP contribution in [0.5, 0.6) is 0 Å². The molecule has 3 nitrogen and oxygen atoms in total. The molecular formula is C11H10Cl2N2O. The van der Waals surface area contributed by atoms with Crippen LogP contribution < -0.4 is 5.32 Å². The Balaban J connectivity index is 2.60. The molecule has 1 aromatic rings. The highest BCUT2D eigenvalue weighted by Gasteiger charge is 2.11. The molecule has 0 atom stereocenters. The zero-order valence-corrected chi connectivity index (χ0v) is 9.98. The summed E-state index contributed by atoms with van der Waals surface area (Å²) in [5, 5.41) is 11.6. The Labute approximate surface area is 104 Å². The van der Waals surface area contributed by atoms with E-state index in [1.807, 2.05) is 6.07 Å². The van der Waals surface area contributed by atoms with Crippen LogP contribution in [0.25, 0.3) is 0 Å². The molecule has 0 aliphatic heterocycles. The number of benzene rings is 1. The molecule has 0 aromatic heterocycles. The molecule has 0 spiro atoms. The second-order valence-corrected chi connectivity index (χ2v) is 3.90. The number of unbranched alkanes of at least 4 members (excludes halogenated alkanes) is 1. The van der Waals surface area contributed by atoms with E-state index in [1.54, 1.807) is 18.2 Å². The van der Waals surface area contributed by atoms with Crippen LogP contribution in [0.3, 0.4) is 0 Å². The molecule has 5 heteroatoms. The van der Waals surface area contributed by atoms with Gasteiger partial charge in [0.2, 0.25) is 0 Å². The smallest absolute Gasteiger partial charge is 0.252 e. The number of amides is 1. The van der Waals surface area contributed by atoms with E-state index in [1.165, 1.54) is 0 Å². The van der Waals surface area contributed by atoms with Crippen molar-refractivity contribution in [3.05, 3.63) is 33.8 Å². The Morgan fingerprint density at radius 2 is 2.19 bits per heavy atom. The SMILES string of the molecule is N#CCCCNC(=O)c1cccc(Cl)c1Cl. The number of rotatable bonds is 4. The van der Waals surface area contributed by atoms with Crippen molar-refractivity contribution in [2.75, 3.05) is 6.54 Å². The highest BCUT2D eigenvalue weighted by Crippen LogP contribution is 2.25. The first-order chi connectivity index (χ1) is 7.66. The van der Waals surface area contributed by atoms with Crippen molar-refractivity contribution in [1.82, 2.24) is 5.32 Å². The zero-order valence-electron chi connectivity index (χ0n) is 8.46. The van der Waals surface area contributed by atoms with E-state index in [9.17, 15) is 4.79 Å². The highest BCUT2D eigenvalue weighted by molar-refractivity contribution is 6.43. The van der Waals surface area contributed by atoms with Gasteiger partial charge in [0.25, 0.3) is 5.91 Å². The summed E-state index contributed by atoms with van der Waals surface area (Å²) in [5.41, 5.74) is 0.353. The first-order valence-electron chi connectivity index (χ1n) is 4.76. The van der Waals surface area contributed by atoms with Crippen molar-refractivity contribution in [2.24, 2.45) is 0 Å². The van der Waals surface area contributed by atoms with Gasteiger partial charge in [-0.15, -0.1) is 0 Å². The fourth-order valence-electron chi connectivity index (χ4n) is 1.14. The largest absolute Gasteiger partial charge is 0.352 e. The number of carbonyl (C=O) groups is 1. The second-order valence-electron chi connectivity index (χ2n) is 3.12. The summed E-state index contributed by atoms with van der Waals surface area (Å²) in [7, 11) is 0. The molecule has 1 N–H and O–H groups in total. The van der Waals surface area contributed by atoms with Gasteiger partial charge in [0.1, 0.15) is 0 Å². The Morgan fingerprint density at radius 1 is 1.44 bits per heavy atom. The molecule has 0 radical (unpaired) electrons.